The Kier molecular flexibility index (Phi) is 6.85. The molecule has 0 aliphatic heterocycles. The molecule has 1 amide bonds. The minimum absolute atomic E-state index is 0.0886. The predicted molar refractivity (Wildman–Crippen MR) is 142 cm³/mol. The van der Waals surface area contributed by atoms with E-state index in [0.29, 0.717) is 35.2 Å². The average Bonchev–Trinajstić information content (AvgIpc) is 3.46. The van der Waals surface area contributed by atoms with Crippen molar-refractivity contribution >= 4 is 16.9 Å². The van der Waals surface area contributed by atoms with Crippen LogP contribution in [0.2, 0.25) is 0 Å². The minimum atomic E-state index is -0.585. The summed E-state index contributed by atoms with van der Waals surface area (Å²) < 4.78 is 5.50. The third kappa shape index (κ3) is 5.02. The molecule has 5 rings (SSSR count). The molecule has 3 N–H and O–H groups in total. The van der Waals surface area contributed by atoms with Crippen molar-refractivity contribution in [2.24, 2.45) is 0 Å². The lowest BCUT2D eigenvalue weighted by Crippen LogP contribution is -2.31. The highest BCUT2D eigenvalue weighted by Crippen LogP contribution is 2.36. The van der Waals surface area contributed by atoms with Crippen molar-refractivity contribution in [1.82, 2.24) is 15.3 Å². The third-order valence-corrected chi connectivity index (χ3v) is 6.57. The van der Waals surface area contributed by atoms with Crippen molar-refractivity contribution in [2.75, 3.05) is 0 Å². The molecule has 2 aromatic heterocycles. The zero-order valence-electron chi connectivity index (χ0n) is 20.3. The number of amides is 1. The number of rotatable bonds is 8. The number of imidazole rings is 1. The number of aromatic amines is 1. The second-order valence-corrected chi connectivity index (χ2v) is 8.92. The molecule has 0 spiro atoms. The Hall–Kier alpha value is -4.65. The molecular formula is C30H27N3O4. The number of aromatic nitrogens is 2. The van der Waals surface area contributed by atoms with Crippen LogP contribution in [0.5, 0.6) is 5.75 Å². The summed E-state index contributed by atoms with van der Waals surface area (Å²) in [7, 11) is 0. The van der Waals surface area contributed by atoms with Crippen molar-refractivity contribution in [3.63, 3.8) is 0 Å². The molecule has 0 radical (unpaired) electrons. The lowest BCUT2D eigenvalue weighted by Gasteiger charge is -2.19. The Balaban J connectivity index is 1.45. The molecule has 186 valence electrons. The largest absolute Gasteiger partial charge is 0.507 e. The number of para-hydroxylation sites is 1. The molecule has 5 aromatic rings. The maximum atomic E-state index is 13.4. The number of fused-ring (bicyclic) bond motifs is 1. The Morgan fingerprint density at radius 3 is 2.59 bits per heavy atom. The fourth-order valence-electron chi connectivity index (χ4n) is 4.73. The number of nitrogens with one attached hydrogen (secondary N) is 2. The van der Waals surface area contributed by atoms with Crippen molar-refractivity contribution in [3.05, 3.63) is 130 Å². The Morgan fingerprint density at radius 1 is 1.05 bits per heavy atom. The van der Waals surface area contributed by atoms with E-state index in [9.17, 15) is 14.7 Å². The molecule has 2 atom stereocenters. The molecule has 0 bridgehead atoms. The van der Waals surface area contributed by atoms with Gasteiger partial charge in [-0.05, 0) is 48.2 Å². The first-order valence-corrected chi connectivity index (χ1v) is 12.2. The zero-order valence-corrected chi connectivity index (χ0v) is 20.3. The number of benzene rings is 3. The number of aromatic hydroxyl groups is 1. The van der Waals surface area contributed by atoms with E-state index in [1.54, 1.807) is 54.9 Å². The van der Waals surface area contributed by atoms with Gasteiger partial charge < -0.3 is 19.8 Å². The zero-order chi connectivity index (χ0) is 25.8. The summed E-state index contributed by atoms with van der Waals surface area (Å²) >= 11 is 0. The molecule has 2 heterocycles. The van der Waals surface area contributed by atoms with Crippen LogP contribution in [0, 0.1) is 0 Å². The van der Waals surface area contributed by atoms with Gasteiger partial charge >= 0.3 is 5.63 Å². The Labute approximate surface area is 213 Å². The van der Waals surface area contributed by atoms with Gasteiger partial charge in [0, 0.05) is 23.9 Å². The van der Waals surface area contributed by atoms with E-state index in [1.807, 2.05) is 43.3 Å². The van der Waals surface area contributed by atoms with Crippen LogP contribution in [0.1, 0.15) is 58.2 Å². The summed E-state index contributed by atoms with van der Waals surface area (Å²) in [5.74, 6) is -0.129. The highest BCUT2D eigenvalue weighted by atomic mass is 16.4. The van der Waals surface area contributed by atoms with Crippen molar-refractivity contribution in [1.29, 1.82) is 0 Å². The van der Waals surface area contributed by atoms with E-state index in [0.717, 1.165) is 11.1 Å². The molecule has 3 aromatic carbocycles. The molecule has 0 aliphatic carbocycles. The highest BCUT2D eigenvalue weighted by molar-refractivity contribution is 5.94. The van der Waals surface area contributed by atoms with Gasteiger partial charge in [-0.3, -0.25) is 4.79 Å². The quantitative estimate of drug-likeness (QED) is 0.248. The number of H-pyrrole nitrogens is 1. The molecule has 0 aliphatic rings. The first-order valence-electron chi connectivity index (χ1n) is 12.2. The summed E-state index contributed by atoms with van der Waals surface area (Å²) in [5.41, 5.74) is 2.20. The van der Waals surface area contributed by atoms with Crippen LogP contribution in [-0.2, 0) is 6.42 Å². The number of nitrogens with zero attached hydrogens (tertiary/aromatic N) is 1. The van der Waals surface area contributed by atoms with Gasteiger partial charge in [0.15, 0.2) is 0 Å². The third-order valence-electron chi connectivity index (χ3n) is 6.57. The van der Waals surface area contributed by atoms with Crippen LogP contribution in [0.4, 0.5) is 0 Å². The molecule has 7 nitrogen and oxygen atoms in total. The summed E-state index contributed by atoms with van der Waals surface area (Å²) in [6, 6.07) is 23.6. The van der Waals surface area contributed by atoms with E-state index in [4.69, 9.17) is 4.42 Å². The second kappa shape index (κ2) is 10.5. The van der Waals surface area contributed by atoms with Gasteiger partial charge in [0.1, 0.15) is 17.2 Å². The van der Waals surface area contributed by atoms with Gasteiger partial charge in [-0.25, -0.2) is 9.78 Å². The molecule has 0 saturated carbocycles. The predicted octanol–water partition coefficient (Wildman–Crippen LogP) is 5.48. The van der Waals surface area contributed by atoms with Gasteiger partial charge in [0.25, 0.3) is 5.91 Å². The fourth-order valence-corrected chi connectivity index (χ4v) is 4.73. The standard InChI is InChI=1S/C30H27N3O4/c1-2-22(26-27(34)23-13-6-7-14-25(23)37-30(26)36)20-11-8-12-21(18-20)29(35)33-24(28-31-15-16-32-28)17-19-9-4-3-5-10-19/h3-16,18,22,24,34H,2,17H2,1H3,(H,31,32)(H,33,35). The SMILES string of the molecule is CCC(c1cccc(C(=O)NC(Cc2ccccc2)c2ncc[nH]2)c1)c1c(O)c2ccccc2oc1=O. The topological polar surface area (TPSA) is 108 Å². The number of carbonyl (C=O) groups is 1. The van der Waals surface area contributed by atoms with Crippen LogP contribution < -0.4 is 10.9 Å². The Bertz CT molecular complexity index is 1580. The molecule has 0 saturated heterocycles. The van der Waals surface area contributed by atoms with Gasteiger partial charge in [0.05, 0.1) is 17.0 Å². The van der Waals surface area contributed by atoms with Gasteiger partial charge in [0.2, 0.25) is 0 Å². The number of carbonyl (C=O) groups excluding carboxylic acids is 1. The lowest BCUT2D eigenvalue weighted by atomic mass is 9.88. The normalized spacial score (nSPS) is 12.8. The van der Waals surface area contributed by atoms with Crippen molar-refractivity contribution in [3.8, 4) is 5.75 Å². The van der Waals surface area contributed by atoms with Gasteiger partial charge in [-0.1, -0.05) is 61.5 Å². The van der Waals surface area contributed by atoms with Gasteiger partial charge in [-0.15, -0.1) is 0 Å². The van der Waals surface area contributed by atoms with E-state index in [1.165, 1.54) is 0 Å². The smallest absolute Gasteiger partial charge is 0.343 e. The highest BCUT2D eigenvalue weighted by Gasteiger charge is 2.25. The summed E-state index contributed by atoms with van der Waals surface area (Å²) in [6.45, 7) is 1.93. The van der Waals surface area contributed by atoms with E-state index in [-0.39, 0.29) is 23.3 Å². The summed E-state index contributed by atoms with van der Waals surface area (Å²) in [5, 5.41) is 14.6. The monoisotopic (exact) mass is 493 g/mol. The number of hydrogen-bond acceptors (Lipinski definition) is 5. The maximum absolute atomic E-state index is 13.4. The van der Waals surface area contributed by atoms with Crippen LogP contribution in [0.15, 0.2) is 100 Å². The van der Waals surface area contributed by atoms with Crippen LogP contribution in [0.3, 0.4) is 0 Å². The maximum Gasteiger partial charge on any atom is 0.343 e. The number of hydrogen-bond donors (Lipinski definition) is 3. The van der Waals surface area contributed by atoms with E-state index < -0.39 is 11.5 Å². The van der Waals surface area contributed by atoms with Crippen LogP contribution in [0.25, 0.3) is 11.0 Å². The van der Waals surface area contributed by atoms with Gasteiger partial charge in [-0.2, -0.15) is 0 Å². The first kappa shape index (κ1) is 24.1. The minimum Gasteiger partial charge on any atom is -0.507 e. The summed E-state index contributed by atoms with van der Waals surface area (Å²) in [4.78, 5) is 33.7. The molecule has 0 fully saturated rings. The average molecular weight is 494 g/mol. The molecule has 7 heteroatoms. The molecular weight excluding hydrogens is 466 g/mol. The Morgan fingerprint density at radius 2 is 1.84 bits per heavy atom. The van der Waals surface area contributed by atoms with Crippen LogP contribution in [-0.4, -0.2) is 21.0 Å². The second-order valence-electron chi connectivity index (χ2n) is 8.92. The lowest BCUT2D eigenvalue weighted by molar-refractivity contribution is 0.0934. The molecule has 2 unspecified atom stereocenters. The molecule has 37 heavy (non-hydrogen) atoms. The fraction of sp³-hybridized carbons (Fsp3) is 0.167. The summed E-state index contributed by atoms with van der Waals surface area (Å²) in [6.07, 6.45) is 4.50. The van der Waals surface area contributed by atoms with Crippen LogP contribution >= 0.6 is 0 Å². The van der Waals surface area contributed by atoms with Crippen molar-refractivity contribution < 1.29 is 14.3 Å². The van der Waals surface area contributed by atoms with E-state index >= 15 is 0 Å². The van der Waals surface area contributed by atoms with Crippen molar-refractivity contribution in [2.45, 2.75) is 31.7 Å². The van der Waals surface area contributed by atoms with E-state index in [2.05, 4.69) is 15.3 Å². The first-order chi connectivity index (χ1) is 18.0.